The number of hydrogen-bond acceptors (Lipinski definition) is 3. The number of rotatable bonds is 7. The molecule has 1 rings (SSSR count). The Bertz CT molecular complexity index is 436. The molecule has 0 fully saturated rings. The number of hydrogen-bond donors (Lipinski definition) is 2. The number of carboxylic acids is 1. The van der Waals surface area contributed by atoms with Crippen LogP contribution in [0.15, 0.2) is 24.3 Å². The number of aliphatic carboxylic acids is 1. The predicted molar refractivity (Wildman–Crippen MR) is 85.2 cm³/mol. The van der Waals surface area contributed by atoms with E-state index in [2.05, 4.69) is 40.0 Å². The molecule has 6 heteroatoms. The normalized spacial score (nSPS) is 11.9. The fraction of sp³-hybridized carbons (Fsp3) is 0.385. The first-order chi connectivity index (χ1) is 8.99. The summed E-state index contributed by atoms with van der Waals surface area (Å²) in [6.07, 6.45) is 0.434. The Morgan fingerprint density at radius 2 is 2.00 bits per heavy atom. The highest BCUT2D eigenvalue weighted by molar-refractivity contribution is 14.1. The number of carbonyl (C=O) groups is 2. The molecular formula is C13H16INO3S. The lowest BCUT2D eigenvalue weighted by Gasteiger charge is -2.12. The van der Waals surface area contributed by atoms with Crippen LogP contribution >= 0.6 is 34.4 Å². The first-order valence-electron chi connectivity index (χ1n) is 5.81. The van der Waals surface area contributed by atoms with Crippen molar-refractivity contribution in [1.29, 1.82) is 0 Å². The van der Waals surface area contributed by atoms with Crippen LogP contribution in [0.5, 0.6) is 0 Å². The van der Waals surface area contributed by atoms with E-state index in [4.69, 9.17) is 5.11 Å². The largest absolute Gasteiger partial charge is 0.480 e. The highest BCUT2D eigenvalue weighted by Crippen LogP contribution is 2.15. The molecule has 0 bridgehead atoms. The van der Waals surface area contributed by atoms with E-state index in [1.165, 1.54) is 16.1 Å². The van der Waals surface area contributed by atoms with Gasteiger partial charge in [0.25, 0.3) is 0 Å². The summed E-state index contributed by atoms with van der Waals surface area (Å²) in [7, 11) is 0. The van der Waals surface area contributed by atoms with Crippen LogP contribution < -0.4 is 5.32 Å². The quantitative estimate of drug-likeness (QED) is 0.552. The molecule has 0 saturated carbocycles. The minimum atomic E-state index is -0.981. The lowest BCUT2D eigenvalue weighted by atomic mass is 10.2. The standard InChI is InChI=1S/C13H16INO3S/c1-9(16)15-12(13(17)18)6-7-19-8-10-2-4-11(14)5-3-10/h2-5,12H,6-8H2,1H3,(H,15,16)(H,17,18). The number of thioether (sulfide) groups is 1. The second kappa shape index (κ2) is 8.42. The molecule has 0 spiro atoms. The molecular weight excluding hydrogens is 377 g/mol. The summed E-state index contributed by atoms with van der Waals surface area (Å²) < 4.78 is 1.20. The molecule has 2 N–H and O–H groups in total. The average Bonchev–Trinajstić information content (AvgIpc) is 2.34. The van der Waals surface area contributed by atoms with Crippen LogP contribution in [0.4, 0.5) is 0 Å². The monoisotopic (exact) mass is 393 g/mol. The van der Waals surface area contributed by atoms with Crippen molar-refractivity contribution in [3.8, 4) is 0 Å². The van der Waals surface area contributed by atoms with Crippen LogP contribution in [0.25, 0.3) is 0 Å². The summed E-state index contributed by atoms with van der Waals surface area (Å²) in [5, 5.41) is 11.4. The molecule has 4 nitrogen and oxygen atoms in total. The summed E-state index contributed by atoms with van der Waals surface area (Å²) in [5.41, 5.74) is 1.22. The second-order valence-corrected chi connectivity index (χ2v) is 6.41. The van der Waals surface area contributed by atoms with Crippen molar-refractivity contribution in [3.05, 3.63) is 33.4 Å². The van der Waals surface area contributed by atoms with Crippen LogP contribution in [-0.2, 0) is 15.3 Å². The van der Waals surface area contributed by atoms with Crippen LogP contribution in [-0.4, -0.2) is 28.8 Å². The minimum Gasteiger partial charge on any atom is -0.480 e. The first-order valence-corrected chi connectivity index (χ1v) is 8.04. The van der Waals surface area contributed by atoms with Gasteiger partial charge in [-0.3, -0.25) is 4.79 Å². The summed E-state index contributed by atoms with van der Waals surface area (Å²) >= 11 is 3.92. The highest BCUT2D eigenvalue weighted by Gasteiger charge is 2.17. The maximum Gasteiger partial charge on any atom is 0.326 e. The second-order valence-electron chi connectivity index (χ2n) is 4.06. The van der Waals surface area contributed by atoms with Crippen LogP contribution in [0.3, 0.4) is 0 Å². The Hall–Kier alpha value is -0.760. The number of benzene rings is 1. The molecule has 1 aromatic carbocycles. The van der Waals surface area contributed by atoms with Crippen molar-refractivity contribution in [2.24, 2.45) is 0 Å². The molecule has 1 atom stereocenters. The number of amides is 1. The summed E-state index contributed by atoms with van der Waals surface area (Å²) in [6, 6.07) is 7.44. The fourth-order valence-electron chi connectivity index (χ4n) is 1.47. The van der Waals surface area contributed by atoms with Crippen molar-refractivity contribution in [1.82, 2.24) is 5.32 Å². The minimum absolute atomic E-state index is 0.310. The molecule has 19 heavy (non-hydrogen) atoms. The van der Waals surface area contributed by atoms with E-state index in [9.17, 15) is 9.59 Å². The SMILES string of the molecule is CC(=O)NC(CCSCc1ccc(I)cc1)C(=O)O. The number of halogens is 1. The van der Waals surface area contributed by atoms with Gasteiger partial charge in [0, 0.05) is 16.2 Å². The zero-order chi connectivity index (χ0) is 14.3. The van der Waals surface area contributed by atoms with Gasteiger partial charge in [-0.1, -0.05) is 12.1 Å². The first kappa shape index (κ1) is 16.3. The van der Waals surface area contributed by atoms with Gasteiger partial charge in [0.1, 0.15) is 6.04 Å². The van der Waals surface area contributed by atoms with E-state index >= 15 is 0 Å². The molecule has 104 valence electrons. The van der Waals surface area contributed by atoms with Crippen molar-refractivity contribution in [2.75, 3.05) is 5.75 Å². The van der Waals surface area contributed by atoms with Gasteiger partial charge in [0.05, 0.1) is 0 Å². The molecule has 0 heterocycles. The van der Waals surface area contributed by atoms with E-state index in [-0.39, 0.29) is 5.91 Å². The molecule has 0 aromatic heterocycles. The van der Waals surface area contributed by atoms with Gasteiger partial charge in [-0.2, -0.15) is 11.8 Å². The lowest BCUT2D eigenvalue weighted by molar-refractivity contribution is -0.141. The Balaban J connectivity index is 2.30. The third-order valence-electron chi connectivity index (χ3n) is 2.41. The van der Waals surface area contributed by atoms with E-state index in [1.54, 1.807) is 11.8 Å². The topological polar surface area (TPSA) is 66.4 Å². The smallest absolute Gasteiger partial charge is 0.326 e. The number of carbonyl (C=O) groups excluding carboxylic acids is 1. The molecule has 0 aliphatic carbocycles. The van der Waals surface area contributed by atoms with Gasteiger partial charge in [-0.05, 0) is 52.5 Å². The van der Waals surface area contributed by atoms with Crippen LogP contribution in [0.2, 0.25) is 0 Å². The van der Waals surface area contributed by atoms with Gasteiger partial charge < -0.3 is 10.4 Å². The summed E-state index contributed by atoms with van der Waals surface area (Å²) in [5.74, 6) is 0.257. The number of carboxylic acid groups (broad SMARTS) is 1. The third kappa shape index (κ3) is 6.81. The molecule has 0 aliphatic rings. The van der Waals surface area contributed by atoms with Crippen molar-refractivity contribution in [2.45, 2.75) is 25.1 Å². The Morgan fingerprint density at radius 1 is 1.37 bits per heavy atom. The molecule has 1 aromatic rings. The maximum atomic E-state index is 10.9. The Kier molecular flexibility index (Phi) is 7.22. The number of nitrogens with one attached hydrogen (secondary N) is 1. The van der Waals surface area contributed by atoms with Crippen LogP contribution in [0.1, 0.15) is 18.9 Å². The predicted octanol–water partition coefficient (Wildman–Crippen LogP) is 2.50. The van der Waals surface area contributed by atoms with Gasteiger partial charge in [-0.25, -0.2) is 4.79 Å². The van der Waals surface area contributed by atoms with Crippen molar-refractivity contribution < 1.29 is 14.7 Å². The van der Waals surface area contributed by atoms with E-state index in [0.29, 0.717) is 12.2 Å². The van der Waals surface area contributed by atoms with Gasteiger partial charge in [0.2, 0.25) is 5.91 Å². The molecule has 0 saturated heterocycles. The molecule has 0 radical (unpaired) electrons. The maximum absolute atomic E-state index is 10.9. The summed E-state index contributed by atoms with van der Waals surface area (Å²) in [4.78, 5) is 21.8. The fourth-order valence-corrected chi connectivity index (χ4v) is 2.81. The molecule has 0 aliphatic heterocycles. The Labute approximate surface area is 130 Å². The van der Waals surface area contributed by atoms with Crippen molar-refractivity contribution in [3.63, 3.8) is 0 Å². The highest BCUT2D eigenvalue weighted by atomic mass is 127. The zero-order valence-corrected chi connectivity index (χ0v) is 13.5. The Morgan fingerprint density at radius 3 is 2.53 bits per heavy atom. The summed E-state index contributed by atoms with van der Waals surface area (Å²) in [6.45, 7) is 1.33. The zero-order valence-electron chi connectivity index (χ0n) is 10.6. The van der Waals surface area contributed by atoms with Crippen LogP contribution in [0, 0.1) is 3.57 Å². The van der Waals surface area contributed by atoms with Gasteiger partial charge in [0.15, 0.2) is 0 Å². The average molecular weight is 393 g/mol. The van der Waals surface area contributed by atoms with E-state index in [0.717, 1.165) is 5.75 Å². The van der Waals surface area contributed by atoms with Gasteiger partial charge >= 0.3 is 5.97 Å². The van der Waals surface area contributed by atoms with E-state index < -0.39 is 12.0 Å². The third-order valence-corrected chi connectivity index (χ3v) is 4.19. The lowest BCUT2D eigenvalue weighted by Crippen LogP contribution is -2.39. The molecule has 1 amide bonds. The van der Waals surface area contributed by atoms with Crippen molar-refractivity contribution >= 4 is 46.2 Å². The van der Waals surface area contributed by atoms with Gasteiger partial charge in [-0.15, -0.1) is 0 Å². The molecule has 1 unspecified atom stereocenters. The van der Waals surface area contributed by atoms with E-state index in [1.807, 2.05) is 12.1 Å².